The molecule has 0 radical (unpaired) electrons. The molecule has 8 heteroatoms. The fraction of sp³-hybridized carbons (Fsp3) is 0.643. The van der Waals surface area contributed by atoms with Gasteiger partial charge in [-0.2, -0.15) is 4.98 Å². The Bertz CT molecular complexity index is 652. The minimum atomic E-state index is -1.59. The second kappa shape index (κ2) is 5.81. The Morgan fingerprint density at radius 3 is 2.77 bits per heavy atom. The van der Waals surface area contributed by atoms with E-state index in [4.69, 9.17) is 10.5 Å². The van der Waals surface area contributed by atoms with Gasteiger partial charge in [0.1, 0.15) is 17.5 Å². The van der Waals surface area contributed by atoms with Crippen molar-refractivity contribution in [2.75, 3.05) is 25.2 Å². The van der Waals surface area contributed by atoms with Crippen molar-refractivity contribution in [1.29, 1.82) is 0 Å². The molecule has 1 aromatic heterocycles. The summed E-state index contributed by atoms with van der Waals surface area (Å²) >= 11 is 0. The van der Waals surface area contributed by atoms with Gasteiger partial charge >= 0.3 is 5.69 Å². The third-order valence-corrected chi connectivity index (χ3v) is 5.35. The molecule has 0 bridgehead atoms. The van der Waals surface area contributed by atoms with Crippen LogP contribution in [0.15, 0.2) is 17.1 Å². The summed E-state index contributed by atoms with van der Waals surface area (Å²) in [5.74, 6) is 0.0968. The average Bonchev–Trinajstić information content (AvgIpc) is 2.59. The van der Waals surface area contributed by atoms with E-state index in [0.717, 1.165) is 10.7 Å². The summed E-state index contributed by atoms with van der Waals surface area (Å²) in [4.78, 5) is 15.6. The Morgan fingerprint density at radius 1 is 1.59 bits per heavy atom. The van der Waals surface area contributed by atoms with Crippen LogP contribution < -0.4 is 11.4 Å². The molecule has 1 aliphatic heterocycles. The van der Waals surface area contributed by atoms with Crippen LogP contribution in [0.5, 0.6) is 0 Å². The van der Waals surface area contributed by atoms with E-state index >= 15 is 0 Å². The highest BCUT2D eigenvalue weighted by Crippen LogP contribution is 2.42. The van der Waals surface area contributed by atoms with E-state index in [9.17, 15) is 15.0 Å². The summed E-state index contributed by atoms with van der Waals surface area (Å²) in [7, 11) is 0. The number of nitrogens with two attached hydrogens (primary N) is 1. The number of rotatable bonds is 4. The van der Waals surface area contributed by atoms with Gasteiger partial charge in [0.05, 0.1) is 6.10 Å². The lowest BCUT2D eigenvalue weighted by Gasteiger charge is -2.27. The lowest BCUT2D eigenvalue weighted by molar-refractivity contribution is -0.0974. The van der Waals surface area contributed by atoms with Gasteiger partial charge in [0.2, 0.25) is 0 Å². The number of aromatic nitrogens is 2. The summed E-state index contributed by atoms with van der Waals surface area (Å²) in [5.41, 5.74) is 3.25. The molecule has 1 aromatic rings. The van der Waals surface area contributed by atoms with Gasteiger partial charge < -0.3 is 20.7 Å². The number of nitrogen functional groups attached to an aromatic ring is 1. The predicted molar refractivity (Wildman–Crippen MR) is 88.8 cm³/mol. The zero-order valence-electron chi connectivity index (χ0n) is 13.1. The van der Waals surface area contributed by atoms with Crippen LogP contribution in [0.25, 0.3) is 0 Å². The summed E-state index contributed by atoms with van der Waals surface area (Å²) in [6.07, 6.45) is 4.30. The monoisotopic (exact) mass is 329 g/mol. The average molecular weight is 329 g/mol. The number of hydrogen-bond donors (Lipinski definition) is 3. The second-order valence-corrected chi connectivity index (χ2v) is 11.0. The normalized spacial score (nSPS) is 32.3. The highest BCUT2D eigenvalue weighted by atomic mass is 31.2. The molecule has 22 heavy (non-hydrogen) atoms. The molecule has 0 saturated carbocycles. The number of anilines is 1. The maximum absolute atomic E-state index is 11.9. The van der Waals surface area contributed by atoms with Crippen molar-refractivity contribution in [3.63, 3.8) is 0 Å². The molecule has 0 amide bonds. The van der Waals surface area contributed by atoms with Gasteiger partial charge in [0.15, 0.2) is 6.23 Å². The van der Waals surface area contributed by atoms with Gasteiger partial charge in [-0.1, -0.05) is 0 Å². The largest absolute Gasteiger partial charge is 0.387 e. The van der Waals surface area contributed by atoms with Crippen LogP contribution in [-0.4, -0.2) is 63.4 Å². The third-order valence-electron chi connectivity index (χ3n) is 3.88. The Kier molecular flexibility index (Phi) is 4.55. The predicted octanol–water partition coefficient (Wildman–Crippen LogP) is -0.0659. The molecule has 0 spiro atoms. The molecular weight excluding hydrogens is 305 g/mol. The summed E-state index contributed by atoms with van der Waals surface area (Å²) in [6.45, 7) is 4.38. The van der Waals surface area contributed by atoms with E-state index in [2.05, 4.69) is 24.6 Å². The van der Waals surface area contributed by atoms with E-state index in [0.29, 0.717) is 6.42 Å². The fourth-order valence-electron chi connectivity index (χ4n) is 2.55. The number of aliphatic hydroxyl groups excluding tert-OH is 1. The topological polar surface area (TPSA) is 111 Å². The summed E-state index contributed by atoms with van der Waals surface area (Å²) in [5, 5.41) is 20.9. The Balaban J connectivity index is 2.26. The SMILES string of the molecule is C=P(C)(C)CC[C@H]1O[C@@H](n2ccc(N)nc2=O)[C@](C)(O)[C@@H]1O. The zero-order valence-corrected chi connectivity index (χ0v) is 14.0. The highest BCUT2D eigenvalue weighted by Gasteiger charge is 2.53. The Hall–Kier alpha value is -1.14. The first kappa shape index (κ1) is 17.2. The van der Waals surface area contributed by atoms with Gasteiger partial charge in [-0.15, -0.1) is 13.2 Å². The molecule has 1 aliphatic rings. The fourth-order valence-corrected chi connectivity index (χ4v) is 3.51. The van der Waals surface area contributed by atoms with Crippen molar-refractivity contribution in [2.24, 2.45) is 0 Å². The van der Waals surface area contributed by atoms with Crippen LogP contribution >= 0.6 is 6.89 Å². The van der Waals surface area contributed by atoms with Crippen LogP contribution in [0.4, 0.5) is 5.82 Å². The van der Waals surface area contributed by atoms with Crippen molar-refractivity contribution in [3.05, 3.63) is 22.7 Å². The zero-order chi connectivity index (χ0) is 16.7. The van der Waals surface area contributed by atoms with Gasteiger partial charge in [0.25, 0.3) is 0 Å². The van der Waals surface area contributed by atoms with Crippen LogP contribution in [0.1, 0.15) is 19.6 Å². The quantitative estimate of drug-likeness (QED) is 0.667. The molecule has 0 unspecified atom stereocenters. The van der Waals surface area contributed by atoms with Gasteiger partial charge in [0, 0.05) is 6.20 Å². The van der Waals surface area contributed by atoms with Crippen LogP contribution in [-0.2, 0) is 4.74 Å². The second-order valence-electron chi connectivity index (χ2n) is 6.69. The van der Waals surface area contributed by atoms with E-state index in [-0.39, 0.29) is 5.82 Å². The standard InChI is InChI=1S/C14H24N3O4P/c1-14(20)11(18)9(6-8-22(2,3)4)21-12(14)17-7-5-10(15)16-13(17)19/h5,7,9,11-12,18,20H,2,6,8H2,1,3-4H3,(H2,15,16,19)/t9-,11-,12-,14-/m1/s1. The maximum Gasteiger partial charge on any atom is 0.351 e. The first-order valence-corrected chi connectivity index (χ1v) is 10.2. The molecule has 2 rings (SSSR count). The molecule has 1 saturated heterocycles. The van der Waals surface area contributed by atoms with Crippen molar-refractivity contribution >= 4 is 19.0 Å². The van der Waals surface area contributed by atoms with Gasteiger partial charge in [-0.25, -0.2) is 4.79 Å². The minimum Gasteiger partial charge on any atom is -0.387 e. The molecular formula is C14H24N3O4P. The molecule has 7 nitrogen and oxygen atoms in total. The molecule has 0 aromatic carbocycles. The van der Waals surface area contributed by atoms with E-state index in [1.165, 1.54) is 19.2 Å². The minimum absolute atomic E-state index is 0.0968. The molecule has 124 valence electrons. The van der Waals surface area contributed by atoms with Gasteiger partial charge in [-0.05, 0) is 38.9 Å². The first-order chi connectivity index (χ1) is 10.0. The summed E-state index contributed by atoms with van der Waals surface area (Å²) < 4.78 is 6.92. The number of aliphatic hydroxyl groups is 2. The third kappa shape index (κ3) is 3.43. The molecule has 4 atom stereocenters. The number of ether oxygens (including phenoxy) is 1. The van der Waals surface area contributed by atoms with Gasteiger partial charge in [-0.3, -0.25) is 4.57 Å². The van der Waals surface area contributed by atoms with E-state index in [1.807, 2.05) is 0 Å². The molecule has 4 N–H and O–H groups in total. The molecule has 0 aliphatic carbocycles. The van der Waals surface area contributed by atoms with Crippen LogP contribution in [0, 0.1) is 0 Å². The van der Waals surface area contributed by atoms with E-state index in [1.54, 1.807) is 0 Å². The smallest absolute Gasteiger partial charge is 0.351 e. The number of hydrogen-bond acceptors (Lipinski definition) is 6. The van der Waals surface area contributed by atoms with E-state index < -0.39 is 36.6 Å². The van der Waals surface area contributed by atoms with Crippen molar-refractivity contribution in [1.82, 2.24) is 9.55 Å². The Labute approximate surface area is 129 Å². The maximum atomic E-state index is 11.9. The molecule has 1 fully saturated rings. The number of nitrogens with zero attached hydrogens (tertiary/aromatic N) is 2. The van der Waals surface area contributed by atoms with Crippen molar-refractivity contribution in [3.8, 4) is 0 Å². The Morgan fingerprint density at radius 2 is 2.23 bits per heavy atom. The van der Waals surface area contributed by atoms with Crippen molar-refractivity contribution in [2.45, 2.75) is 37.4 Å². The van der Waals surface area contributed by atoms with Crippen molar-refractivity contribution < 1.29 is 14.9 Å². The van der Waals surface area contributed by atoms with Crippen LogP contribution in [0.3, 0.4) is 0 Å². The van der Waals surface area contributed by atoms with Crippen LogP contribution in [0.2, 0.25) is 0 Å². The summed E-state index contributed by atoms with van der Waals surface area (Å²) in [6, 6.07) is 1.45. The highest BCUT2D eigenvalue weighted by molar-refractivity contribution is 7.72. The molecule has 2 heterocycles. The lowest BCUT2D eigenvalue weighted by atomic mass is 9.95. The lowest BCUT2D eigenvalue weighted by Crippen LogP contribution is -2.45. The first-order valence-electron chi connectivity index (χ1n) is 7.10.